The van der Waals surface area contributed by atoms with Gasteiger partial charge in [0.05, 0.1) is 4.70 Å². The van der Waals surface area contributed by atoms with E-state index in [1.165, 1.54) is 11.5 Å². The van der Waals surface area contributed by atoms with E-state index in [1.54, 1.807) is 6.21 Å². The van der Waals surface area contributed by atoms with E-state index in [2.05, 4.69) is 9.37 Å². The third-order valence-electron chi connectivity index (χ3n) is 2.59. The molecule has 0 saturated heterocycles. The molecule has 4 heteroatoms. The van der Waals surface area contributed by atoms with E-state index >= 15 is 0 Å². The van der Waals surface area contributed by atoms with E-state index in [9.17, 15) is 0 Å². The third-order valence-corrected chi connectivity index (χ3v) is 3.75. The van der Waals surface area contributed by atoms with Crippen molar-refractivity contribution in [2.45, 2.75) is 0 Å². The molecule has 2 nitrogen and oxygen atoms in total. The molecule has 0 N–H and O–H groups in total. The van der Waals surface area contributed by atoms with Crippen LogP contribution in [0.5, 0.6) is 0 Å². The molecule has 0 fully saturated rings. The lowest BCUT2D eigenvalue weighted by Crippen LogP contribution is -1.81. The van der Waals surface area contributed by atoms with Crippen molar-refractivity contribution in [1.29, 1.82) is 0 Å². The van der Waals surface area contributed by atoms with Crippen LogP contribution in [0.4, 0.5) is 5.82 Å². The molecule has 3 rings (SSSR count). The smallest absolute Gasteiger partial charge is 0.173 e. The van der Waals surface area contributed by atoms with Gasteiger partial charge in [-0.1, -0.05) is 41.9 Å². The number of nitrogens with zero attached hydrogens (tertiary/aromatic N) is 2. The molecule has 0 aliphatic carbocycles. The number of benzene rings is 2. The number of halogens is 1. The summed E-state index contributed by atoms with van der Waals surface area (Å²) in [5.74, 6) is 0.746. The highest BCUT2D eigenvalue weighted by molar-refractivity contribution is 7.13. The van der Waals surface area contributed by atoms with E-state index in [1.807, 2.05) is 48.5 Å². The van der Waals surface area contributed by atoms with Crippen LogP contribution in [0.25, 0.3) is 10.1 Å². The summed E-state index contributed by atoms with van der Waals surface area (Å²) in [6.07, 6.45) is 1.75. The predicted molar refractivity (Wildman–Crippen MR) is 78.3 cm³/mol. The topological polar surface area (TPSA) is 25.2 Å². The second-order valence-electron chi connectivity index (χ2n) is 3.78. The predicted octanol–water partition coefficient (Wildman–Crippen LogP) is 4.70. The molecule has 0 unspecified atom stereocenters. The average molecular weight is 273 g/mol. The standard InChI is InChI=1S/C14H9ClN2S/c15-12-7-3-1-5-10(12)9-16-14-11-6-2-4-8-13(11)18-17-14/h1-9H. The van der Waals surface area contributed by atoms with E-state index in [-0.39, 0.29) is 0 Å². The van der Waals surface area contributed by atoms with Gasteiger partial charge in [-0.2, -0.15) is 4.37 Å². The van der Waals surface area contributed by atoms with Gasteiger partial charge < -0.3 is 0 Å². The number of rotatable bonds is 2. The molecule has 2 aromatic carbocycles. The zero-order chi connectivity index (χ0) is 12.4. The van der Waals surface area contributed by atoms with Crippen LogP contribution in [0, 0.1) is 0 Å². The molecule has 3 aromatic rings. The SMILES string of the molecule is Clc1ccccc1C=Nc1nsc2ccccc12. The van der Waals surface area contributed by atoms with Crippen LogP contribution in [0.3, 0.4) is 0 Å². The first-order valence-electron chi connectivity index (χ1n) is 5.47. The second-order valence-corrected chi connectivity index (χ2v) is 4.99. The number of hydrogen-bond acceptors (Lipinski definition) is 3. The van der Waals surface area contributed by atoms with Crippen LogP contribution in [-0.4, -0.2) is 10.6 Å². The van der Waals surface area contributed by atoms with Crippen molar-refractivity contribution in [3.8, 4) is 0 Å². The highest BCUT2D eigenvalue weighted by Gasteiger charge is 2.03. The summed E-state index contributed by atoms with van der Waals surface area (Å²) in [5.41, 5.74) is 0.899. The van der Waals surface area contributed by atoms with E-state index in [0.29, 0.717) is 5.02 Å². The molecule has 0 atom stereocenters. The molecule has 0 radical (unpaired) electrons. The molecule has 0 amide bonds. The van der Waals surface area contributed by atoms with E-state index < -0.39 is 0 Å². The summed E-state index contributed by atoms with van der Waals surface area (Å²) < 4.78 is 5.48. The third kappa shape index (κ3) is 2.15. The Morgan fingerprint density at radius 2 is 1.83 bits per heavy atom. The normalized spacial score (nSPS) is 11.4. The Balaban J connectivity index is 2.00. The first kappa shape index (κ1) is 11.4. The molecule has 0 aliphatic heterocycles. The fourth-order valence-electron chi connectivity index (χ4n) is 1.68. The van der Waals surface area contributed by atoms with Crippen LogP contribution in [0.2, 0.25) is 5.02 Å². The molecular formula is C14H9ClN2S. The Morgan fingerprint density at radius 1 is 1.06 bits per heavy atom. The number of aromatic nitrogens is 1. The summed E-state index contributed by atoms with van der Waals surface area (Å²) in [4.78, 5) is 4.42. The molecule has 1 heterocycles. The molecule has 0 saturated carbocycles. The first-order chi connectivity index (χ1) is 8.84. The second kappa shape index (κ2) is 4.88. The van der Waals surface area contributed by atoms with Crippen LogP contribution < -0.4 is 0 Å². The fourth-order valence-corrected chi connectivity index (χ4v) is 2.59. The zero-order valence-corrected chi connectivity index (χ0v) is 10.9. The van der Waals surface area contributed by atoms with E-state index in [4.69, 9.17) is 11.6 Å². The van der Waals surface area contributed by atoms with Gasteiger partial charge in [0.2, 0.25) is 0 Å². The minimum absolute atomic E-state index is 0.695. The van der Waals surface area contributed by atoms with Gasteiger partial charge in [0.15, 0.2) is 5.82 Å². The van der Waals surface area contributed by atoms with Crippen molar-refractivity contribution < 1.29 is 0 Å². The summed E-state index contributed by atoms with van der Waals surface area (Å²) >= 11 is 7.53. The average Bonchev–Trinajstić information content (AvgIpc) is 2.81. The van der Waals surface area contributed by atoms with Crippen molar-refractivity contribution in [3.05, 3.63) is 59.1 Å². The van der Waals surface area contributed by atoms with Crippen LogP contribution in [-0.2, 0) is 0 Å². The molecular weight excluding hydrogens is 264 g/mol. The van der Waals surface area contributed by atoms with Crippen molar-refractivity contribution >= 4 is 45.3 Å². The quantitative estimate of drug-likeness (QED) is 0.621. The van der Waals surface area contributed by atoms with Gasteiger partial charge in [-0.25, -0.2) is 4.99 Å². The van der Waals surface area contributed by atoms with Gasteiger partial charge >= 0.3 is 0 Å². The highest BCUT2D eigenvalue weighted by Crippen LogP contribution is 2.28. The Kier molecular flexibility index (Phi) is 3.09. The minimum atomic E-state index is 0.695. The van der Waals surface area contributed by atoms with Gasteiger partial charge in [-0.15, -0.1) is 0 Å². The van der Waals surface area contributed by atoms with Crippen molar-refractivity contribution in [2.75, 3.05) is 0 Å². The van der Waals surface area contributed by atoms with Gasteiger partial charge in [0, 0.05) is 22.2 Å². The summed E-state index contributed by atoms with van der Waals surface area (Å²) in [6.45, 7) is 0. The molecule has 1 aromatic heterocycles. The van der Waals surface area contributed by atoms with Gasteiger partial charge in [-0.05, 0) is 29.7 Å². The maximum absolute atomic E-state index is 6.07. The lowest BCUT2D eigenvalue weighted by atomic mass is 10.2. The van der Waals surface area contributed by atoms with Gasteiger partial charge in [0.25, 0.3) is 0 Å². The summed E-state index contributed by atoms with van der Waals surface area (Å²) in [7, 11) is 0. The summed E-state index contributed by atoms with van der Waals surface area (Å²) in [5, 5.41) is 1.77. The van der Waals surface area contributed by atoms with E-state index in [0.717, 1.165) is 21.5 Å². The number of aliphatic imine (C=N–C) groups is 1. The van der Waals surface area contributed by atoms with Gasteiger partial charge in [0.1, 0.15) is 0 Å². The maximum Gasteiger partial charge on any atom is 0.173 e. The first-order valence-corrected chi connectivity index (χ1v) is 6.63. The maximum atomic E-state index is 6.07. The Morgan fingerprint density at radius 3 is 2.72 bits per heavy atom. The largest absolute Gasteiger partial charge is 0.235 e. The Labute approximate surface area is 114 Å². The number of hydrogen-bond donors (Lipinski definition) is 0. The van der Waals surface area contributed by atoms with Crippen LogP contribution >= 0.6 is 23.1 Å². The van der Waals surface area contributed by atoms with Crippen molar-refractivity contribution in [2.24, 2.45) is 4.99 Å². The zero-order valence-electron chi connectivity index (χ0n) is 9.38. The summed E-state index contributed by atoms with van der Waals surface area (Å²) in [6, 6.07) is 15.7. The monoisotopic (exact) mass is 272 g/mol. The molecule has 0 spiro atoms. The minimum Gasteiger partial charge on any atom is -0.235 e. The lowest BCUT2D eigenvalue weighted by molar-refractivity contribution is 1.45. The number of fused-ring (bicyclic) bond motifs is 1. The molecule has 88 valence electrons. The molecule has 0 aliphatic rings. The molecule has 0 bridgehead atoms. The van der Waals surface area contributed by atoms with Gasteiger partial charge in [-0.3, -0.25) is 0 Å². The Bertz CT molecular complexity index is 718. The molecule has 18 heavy (non-hydrogen) atoms. The van der Waals surface area contributed by atoms with Crippen molar-refractivity contribution in [3.63, 3.8) is 0 Å². The van der Waals surface area contributed by atoms with Crippen LogP contribution in [0.1, 0.15) is 5.56 Å². The lowest BCUT2D eigenvalue weighted by Gasteiger charge is -1.95. The highest BCUT2D eigenvalue weighted by atomic mass is 35.5. The van der Waals surface area contributed by atoms with Crippen molar-refractivity contribution in [1.82, 2.24) is 4.37 Å². The van der Waals surface area contributed by atoms with Crippen LogP contribution in [0.15, 0.2) is 53.5 Å². The fraction of sp³-hybridized carbons (Fsp3) is 0. The Hall–Kier alpha value is -1.71.